The second-order valence-corrected chi connectivity index (χ2v) is 6.36. The minimum atomic E-state index is -0.338. The molecular formula is C17H18ClNO4S. The SMILES string of the molecule is CC(=O)OCCCOC(=O)Cc1sccc1Nc1ccccc1Cl. The Hall–Kier alpha value is -2.05. The number of halogens is 1. The minimum absolute atomic E-state index is 0.179. The molecular weight excluding hydrogens is 350 g/mol. The fourth-order valence-electron chi connectivity index (χ4n) is 1.94. The van der Waals surface area contributed by atoms with Gasteiger partial charge < -0.3 is 14.8 Å². The Kier molecular flexibility index (Phi) is 7.08. The first-order valence-corrected chi connectivity index (χ1v) is 8.69. The smallest absolute Gasteiger partial charge is 0.311 e. The van der Waals surface area contributed by atoms with Crippen LogP contribution in [-0.2, 0) is 25.5 Å². The van der Waals surface area contributed by atoms with Crippen LogP contribution in [0.3, 0.4) is 0 Å². The number of benzene rings is 1. The van der Waals surface area contributed by atoms with Crippen LogP contribution in [0.5, 0.6) is 0 Å². The zero-order valence-corrected chi connectivity index (χ0v) is 14.8. The molecule has 0 fully saturated rings. The number of thiophene rings is 1. The molecule has 7 heteroatoms. The van der Waals surface area contributed by atoms with Crippen LogP contribution in [0.2, 0.25) is 5.02 Å². The summed E-state index contributed by atoms with van der Waals surface area (Å²) in [6.45, 7) is 1.82. The van der Waals surface area contributed by atoms with Crippen molar-refractivity contribution in [1.82, 2.24) is 0 Å². The molecule has 1 aromatic carbocycles. The maximum absolute atomic E-state index is 11.9. The number of esters is 2. The van der Waals surface area contributed by atoms with Gasteiger partial charge in [-0.25, -0.2) is 0 Å². The van der Waals surface area contributed by atoms with Crippen LogP contribution in [0.4, 0.5) is 11.4 Å². The fraction of sp³-hybridized carbons (Fsp3) is 0.294. The first-order valence-electron chi connectivity index (χ1n) is 7.43. The third-order valence-corrected chi connectivity index (χ3v) is 4.30. The lowest BCUT2D eigenvalue weighted by Crippen LogP contribution is -2.11. The predicted octanol–water partition coefficient (Wildman–Crippen LogP) is 4.18. The number of carbonyl (C=O) groups excluding carboxylic acids is 2. The van der Waals surface area contributed by atoms with Gasteiger partial charge >= 0.3 is 11.9 Å². The Labute approximate surface area is 149 Å². The van der Waals surface area contributed by atoms with E-state index in [9.17, 15) is 9.59 Å². The lowest BCUT2D eigenvalue weighted by molar-refractivity contribution is -0.144. The van der Waals surface area contributed by atoms with Crippen molar-refractivity contribution in [3.63, 3.8) is 0 Å². The van der Waals surface area contributed by atoms with Crippen molar-refractivity contribution >= 4 is 46.3 Å². The van der Waals surface area contributed by atoms with Crippen molar-refractivity contribution in [3.05, 3.63) is 45.6 Å². The third kappa shape index (κ3) is 5.86. The quantitative estimate of drug-likeness (QED) is 0.560. The van der Waals surface area contributed by atoms with Gasteiger partial charge in [0.15, 0.2) is 0 Å². The van der Waals surface area contributed by atoms with Crippen molar-refractivity contribution in [2.75, 3.05) is 18.5 Å². The summed E-state index contributed by atoms with van der Waals surface area (Å²) in [7, 11) is 0. The molecule has 0 saturated heterocycles. The van der Waals surface area contributed by atoms with Gasteiger partial charge in [-0.05, 0) is 23.6 Å². The van der Waals surface area contributed by atoms with Crippen molar-refractivity contribution in [2.45, 2.75) is 19.8 Å². The van der Waals surface area contributed by atoms with Crippen LogP contribution in [0.1, 0.15) is 18.2 Å². The zero-order chi connectivity index (χ0) is 17.4. The van der Waals surface area contributed by atoms with Crippen molar-refractivity contribution in [1.29, 1.82) is 0 Å². The van der Waals surface area contributed by atoms with Gasteiger partial charge in [0, 0.05) is 18.2 Å². The number of hydrogen-bond acceptors (Lipinski definition) is 6. The highest BCUT2D eigenvalue weighted by Gasteiger charge is 2.12. The van der Waals surface area contributed by atoms with Gasteiger partial charge in [-0.2, -0.15) is 0 Å². The monoisotopic (exact) mass is 367 g/mol. The zero-order valence-electron chi connectivity index (χ0n) is 13.2. The molecule has 0 atom stereocenters. The van der Waals surface area contributed by atoms with Crippen molar-refractivity contribution in [3.8, 4) is 0 Å². The summed E-state index contributed by atoms with van der Waals surface area (Å²) in [4.78, 5) is 23.4. The number of rotatable bonds is 8. The standard InChI is InChI=1S/C17H18ClNO4S/c1-12(20)22-8-4-9-23-17(21)11-16-15(7-10-24-16)19-14-6-3-2-5-13(14)18/h2-3,5-7,10,19H,4,8-9,11H2,1H3. The maximum atomic E-state index is 11.9. The van der Waals surface area contributed by atoms with Gasteiger partial charge in [-0.3, -0.25) is 9.59 Å². The molecule has 1 N–H and O–H groups in total. The molecule has 1 aromatic heterocycles. The van der Waals surface area contributed by atoms with E-state index in [0.29, 0.717) is 11.4 Å². The summed E-state index contributed by atoms with van der Waals surface area (Å²) in [5.74, 6) is -0.655. The van der Waals surface area contributed by atoms with Crippen LogP contribution in [-0.4, -0.2) is 25.2 Å². The summed E-state index contributed by atoms with van der Waals surface area (Å²) in [6, 6.07) is 9.31. The van der Waals surface area contributed by atoms with Crippen LogP contribution >= 0.6 is 22.9 Å². The van der Waals surface area contributed by atoms with E-state index < -0.39 is 0 Å². The Morgan fingerprint density at radius 2 is 1.88 bits per heavy atom. The Bertz CT molecular complexity index is 701. The molecule has 0 aliphatic heterocycles. The van der Waals surface area contributed by atoms with Crippen LogP contribution in [0, 0.1) is 0 Å². The van der Waals surface area contributed by atoms with E-state index in [4.69, 9.17) is 21.1 Å². The Balaban J connectivity index is 1.83. The fourth-order valence-corrected chi connectivity index (χ4v) is 2.94. The number of ether oxygens (including phenoxy) is 2. The van der Waals surface area contributed by atoms with Gasteiger partial charge in [0.1, 0.15) is 0 Å². The van der Waals surface area contributed by atoms with E-state index in [2.05, 4.69) is 5.32 Å². The average molecular weight is 368 g/mol. The molecule has 0 aliphatic carbocycles. The first-order chi connectivity index (χ1) is 11.6. The predicted molar refractivity (Wildman–Crippen MR) is 95.0 cm³/mol. The molecule has 24 heavy (non-hydrogen) atoms. The molecule has 128 valence electrons. The normalized spacial score (nSPS) is 10.2. The molecule has 0 saturated carbocycles. The molecule has 0 unspecified atom stereocenters. The molecule has 5 nitrogen and oxygen atoms in total. The highest BCUT2D eigenvalue weighted by molar-refractivity contribution is 7.10. The third-order valence-electron chi connectivity index (χ3n) is 3.05. The van der Waals surface area contributed by atoms with E-state index in [1.54, 1.807) is 6.07 Å². The Morgan fingerprint density at radius 1 is 1.12 bits per heavy atom. The highest BCUT2D eigenvalue weighted by Crippen LogP contribution is 2.30. The molecule has 0 amide bonds. The van der Waals surface area contributed by atoms with Crippen LogP contribution < -0.4 is 5.32 Å². The summed E-state index contributed by atoms with van der Waals surface area (Å²) >= 11 is 7.61. The molecule has 0 radical (unpaired) electrons. The number of hydrogen-bond donors (Lipinski definition) is 1. The van der Waals surface area contributed by atoms with E-state index >= 15 is 0 Å². The van der Waals surface area contributed by atoms with E-state index in [0.717, 1.165) is 16.3 Å². The Morgan fingerprint density at radius 3 is 2.62 bits per heavy atom. The van der Waals surface area contributed by atoms with Crippen molar-refractivity contribution in [2.24, 2.45) is 0 Å². The van der Waals surface area contributed by atoms with Gasteiger partial charge in [0.05, 0.1) is 36.0 Å². The van der Waals surface area contributed by atoms with Gasteiger partial charge in [-0.15, -0.1) is 11.3 Å². The van der Waals surface area contributed by atoms with Gasteiger partial charge in [0.2, 0.25) is 0 Å². The van der Waals surface area contributed by atoms with E-state index in [1.165, 1.54) is 18.3 Å². The molecule has 0 bridgehead atoms. The second-order valence-electron chi connectivity index (χ2n) is 4.95. The van der Waals surface area contributed by atoms with Gasteiger partial charge in [-0.1, -0.05) is 23.7 Å². The number of para-hydroxylation sites is 1. The summed E-state index contributed by atoms with van der Waals surface area (Å²) in [6.07, 6.45) is 0.665. The number of carbonyl (C=O) groups is 2. The second kappa shape index (κ2) is 9.30. The molecule has 2 rings (SSSR count). The van der Waals surface area contributed by atoms with Crippen LogP contribution in [0.15, 0.2) is 35.7 Å². The summed E-state index contributed by atoms with van der Waals surface area (Å²) in [5.41, 5.74) is 1.62. The molecule has 0 aliphatic rings. The lowest BCUT2D eigenvalue weighted by atomic mass is 10.2. The topological polar surface area (TPSA) is 64.6 Å². The largest absolute Gasteiger partial charge is 0.466 e. The first kappa shape index (κ1) is 18.3. The van der Waals surface area contributed by atoms with Gasteiger partial charge in [0.25, 0.3) is 0 Å². The van der Waals surface area contributed by atoms with Crippen LogP contribution in [0.25, 0.3) is 0 Å². The maximum Gasteiger partial charge on any atom is 0.311 e. The summed E-state index contributed by atoms with van der Waals surface area (Å²) in [5, 5.41) is 5.75. The number of nitrogens with one attached hydrogen (secondary N) is 1. The van der Waals surface area contributed by atoms with Crippen molar-refractivity contribution < 1.29 is 19.1 Å². The molecule has 0 spiro atoms. The highest BCUT2D eigenvalue weighted by atomic mass is 35.5. The summed E-state index contributed by atoms with van der Waals surface area (Å²) < 4.78 is 9.92. The van der Waals surface area contributed by atoms with E-state index in [-0.39, 0.29) is 31.6 Å². The molecule has 1 heterocycles. The minimum Gasteiger partial charge on any atom is -0.466 e. The number of anilines is 2. The lowest BCUT2D eigenvalue weighted by Gasteiger charge is -2.09. The van der Waals surface area contributed by atoms with E-state index in [1.807, 2.05) is 29.6 Å². The average Bonchev–Trinajstić information content (AvgIpc) is 2.96. The molecule has 2 aromatic rings.